The lowest BCUT2D eigenvalue weighted by molar-refractivity contribution is 0.120. The monoisotopic (exact) mass is 299 g/mol. The molecule has 0 spiro atoms. The minimum absolute atomic E-state index is 0.400. The number of rotatable bonds is 5. The Bertz CT molecular complexity index is 571. The lowest BCUT2D eigenvalue weighted by Crippen LogP contribution is -2.45. The molecule has 4 heteroatoms. The van der Waals surface area contributed by atoms with Gasteiger partial charge < -0.3 is 4.42 Å². The van der Waals surface area contributed by atoms with E-state index in [-0.39, 0.29) is 0 Å². The first kappa shape index (κ1) is 15.3. The lowest BCUT2D eigenvalue weighted by Gasteiger charge is -2.34. The number of hydrogen-bond donors (Lipinski definition) is 0. The first-order chi connectivity index (χ1) is 10.7. The molecule has 0 aliphatic carbocycles. The molecule has 1 saturated heterocycles. The van der Waals surface area contributed by atoms with E-state index in [1.54, 1.807) is 6.39 Å². The Kier molecular flexibility index (Phi) is 4.90. The van der Waals surface area contributed by atoms with Gasteiger partial charge in [-0.05, 0) is 5.56 Å². The van der Waals surface area contributed by atoms with Crippen molar-refractivity contribution in [1.82, 2.24) is 14.8 Å². The zero-order chi connectivity index (χ0) is 15.4. The van der Waals surface area contributed by atoms with Crippen LogP contribution in [0.4, 0.5) is 0 Å². The van der Waals surface area contributed by atoms with Gasteiger partial charge in [0.1, 0.15) is 5.76 Å². The van der Waals surface area contributed by atoms with Gasteiger partial charge >= 0.3 is 0 Å². The highest BCUT2D eigenvalue weighted by Gasteiger charge is 2.20. The predicted molar refractivity (Wildman–Crippen MR) is 87.6 cm³/mol. The highest BCUT2D eigenvalue weighted by atomic mass is 16.3. The van der Waals surface area contributed by atoms with E-state index in [0.29, 0.717) is 5.92 Å². The molecule has 1 aromatic carbocycles. The van der Waals surface area contributed by atoms with Crippen LogP contribution in [0.2, 0.25) is 0 Å². The maximum Gasteiger partial charge on any atom is 0.181 e. The maximum absolute atomic E-state index is 5.52. The van der Waals surface area contributed by atoms with Crippen molar-refractivity contribution in [3.05, 3.63) is 53.7 Å². The molecule has 1 aromatic heterocycles. The van der Waals surface area contributed by atoms with Gasteiger partial charge in [0.15, 0.2) is 6.39 Å². The first-order valence-corrected chi connectivity index (χ1v) is 8.13. The largest absolute Gasteiger partial charge is 0.448 e. The molecule has 0 atom stereocenters. The van der Waals surface area contributed by atoms with Gasteiger partial charge in [0.2, 0.25) is 0 Å². The van der Waals surface area contributed by atoms with Gasteiger partial charge in [-0.1, -0.05) is 44.2 Å². The van der Waals surface area contributed by atoms with Gasteiger partial charge in [0.25, 0.3) is 0 Å². The van der Waals surface area contributed by atoms with Crippen LogP contribution >= 0.6 is 0 Å². The average molecular weight is 299 g/mol. The number of nitrogens with zero attached hydrogens (tertiary/aromatic N) is 3. The number of aromatic nitrogens is 1. The Labute approximate surface area is 132 Å². The summed E-state index contributed by atoms with van der Waals surface area (Å²) in [5.41, 5.74) is 2.50. The molecule has 2 aromatic rings. The van der Waals surface area contributed by atoms with Crippen molar-refractivity contribution in [2.24, 2.45) is 0 Å². The van der Waals surface area contributed by atoms with Crippen molar-refractivity contribution in [2.45, 2.75) is 32.9 Å². The SMILES string of the molecule is CC(C)c1ocnc1CN1CCN(Cc2ccccc2)CC1. The van der Waals surface area contributed by atoms with Crippen LogP contribution in [-0.4, -0.2) is 41.0 Å². The van der Waals surface area contributed by atoms with Crippen LogP contribution in [0.5, 0.6) is 0 Å². The van der Waals surface area contributed by atoms with Crippen LogP contribution in [-0.2, 0) is 13.1 Å². The molecule has 0 N–H and O–H groups in total. The Balaban J connectivity index is 1.50. The maximum atomic E-state index is 5.52. The van der Waals surface area contributed by atoms with E-state index in [1.807, 2.05) is 0 Å². The molecule has 1 aliphatic rings. The molecule has 118 valence electrons. The summed E-state index contributed by atoms with van der Waals surface area (Å²) in [7, 11) is 0. The van der Waals surface area contributed by atoms with Gasteiger partial charge in [-0.3, -0.25) is 9.80 Å². The second-order valence-corrected chi connectivity index (χ2v) is 6.36. The molecule has 1 fully saturated rings. The molecule has 0 amide bonds. The molecule has 4 nitrogen and oxygen atoms in total. The molecular weight excluding hydrogens is 274 g/mol. The highest BCUT2D eigenvalue weighted by molar-refractivity contribution is 5.14. The summed E-state index contributed by atoms with van der Waals surface area (Å²) in [6, 6.07) is 10.7. The lowest BCUT2D eigenvalue weighted by atomic mass is 10.1. The quantitative estimate of drug-likeness (QED) is 0.849. The third-order valence-electron chi connectivity index (χ3n) is 4.28. The van der Waals surface area contributed by atoms with E-state index in [9.17, 15) is 0 Å². The van der Waals surface area contributed by atoms with Crippen molar-refractivity contribution in [1.29, 1.82) is 0 Å². The van der Waals surface area contributed by atoms with E-state index in [4.69, 9.17) is 4.42 Å². The van der Waals surface area contributed by atoms with Gasteiger partial charge in [0.05, 0.1) is 5.69 Å². The van der Waals surface area contributed by atoms with Crippen LogP contribution in [0.1, 0.15) is 36.8 Å². The third kappa shape index (κ3) is 3.76. The molecule has 22 heavy (non-hydrogen) atoms. The Morgan fingerprint density at radius 2 is 1.64 bits per heavy atom. The Morgan fingerprint density at radius 3 is 2.27 bits per heavy atom. The molecule has 0 radical (unpaired) electrons. The fraction of sp³-hybridized carbons (Fsp3) is 0.500. The smallest absolute Gasteiger partial charge is 0.181 e. The van der Waals surface area contributed by atoms with Gasteiger partial charge in [-0.2, -0.15) is 0 Å². The first-order valence-electron chi connectivity index (χ1n) is 8.13. The summed E-state index contributed by atoms with van der Waals surface area (Å²) in [5.74, 6) is 1.43. The zero-order valence-corrected chi connectivity index (χ0v) is 13.5. The second-order valence-electron chi connectivity index (χ2n) is 6.36. The molecule has 0 saturated carbocycles. The van der Waals surface area contributed by atoms with Crippen molar-refractivity contribution in [3.63, 3.8) is 0 Å². The fourth-order valence-corrected chi connectivity index (χ4v) is 3.03. The number of hydrogen-bond acceptors (Lipinski definition) is 4. The van der Waals surface area contributed by atoms with Crippen molar-refractivity contribution in [2.75, 3.05) is 26.2 Å². The standard InChI is InChI=1S/C18H25N3O/c1-15(2)18-17(19-14-22-18)13-21-10-8-20(9-11-21)12-16-6-4-3-5-7-16/h3-7,14-15H,8-13H2,1-2H3. The molecular formula is C18H25N3O. The molecule has 0 unspecified atom stereocenters. The van der Waals surface area contributed by atoms with Gasteiger partial charge in [-0.15, -0.1) is 0 Å². The Hall–Kier alpha value is -1.65. The third-order valence-corrected chi connectivity index (χ3v) is 4.28. The summed E-state index contributed by atoms with van der Waals surface area (Å²) in [5, 5.41) is 0. The van der Waals surface area contributed by atoms with Crippen molar-refractivity contribution < 1.29 is 4.42 Å². The molecule has 0 bridgehead atoms. The van der Waals surface area contributed by atoms with E-state index in [2.05, 4.69) is 59.0 Å². The van der Waals surface area contributed by atoms with Gasteiger partial charge in [-0.25, -0.2) is 4.98 Å². The van der Waals surface area contributed by atoms with Crippen molar-refractivity contribution >= 4 is 0 Å². The summed E-state index contributed by atoms with van der Waals surface area (Å²) in [4.78, 5) is 9.40. The summed E-state index contributed by atoms with van der Waals surface area (Å²) in [6.07, 6.45) is 1.58. The van der Waals surface area contributed by atoms with E-state index in [1.165, 1.54) is 5.56 Å². The summed E-state index contributed by atoms with van der Waals surface area (Å²) >= 11 is 0. The van der Waals surface area contributed by atoms with Crippen LogP contribution in [0, 0.1) is 0 Å². The zero-order valence-electron chi connectivity index (χ0n) is 13.5. The van der Waals surface area contributed by atoms with Crippen molar-refractivity contribution in [3.8, 4) is 0 Å². The van der Waals surface area contributed by atoms with Crippen LogP contribution in [0.25, 0.3) is 0 Å². The number of piperazine rings is 1. The van der Waals surface area contributed by atoms with E-state index < -0.39 is 0 Å². The van der Waals surface area contributed by atoms with Gasteiger partial charge in [0, 0.05) is 45.2 Å². The molecule has 1 aliphatic heterocycles. The van der Waals surface area contributed by atoms with Crippen LogP contribution < -0.4 is 0 Å². The normalized spacial score (nSPS) is 17.2. The minimum atomic E-state index is 0.400. The fourth-order valence-electron chi connectivity index (χ4n) is 3.03. The van der Waals surface area contributed by atoms with E-state index >= 15 is 0 Å². The second kappa shape index (κ2) is 7.07. The molecule has 2 heterocycles. The topological polar surface area (TPSA) is 32.5 Å². The minimum Gasteiger partial charge on any atom is -0.448 e. The molecule has 3 rings (SSSR count). The predicted octanol–water partition coefficient (Wildman–Crippen LogP) is 3.12. The highest BCUT2D eigenvalue weighted by Crippen LogP contribution is 2.20. The summed E-state index contributed by atoms with van der Waals surface area (Å²) < 4.78 is 5.52. The number of oxazole rings is 1. The number of benzene rings is 1. The summed E-state index contributed by atoms with van der Waals surface area (Å²) in [6.45, 7) is 10.7. The Morgan fingerprint density at radius 1 is 1.00 bits per heavy atom. The van der Waals surface area contributed by atoms with E-state index in [0.717, 1.165) is 50.7 Å². The average Bonchev–Trinajstić information content (AvgIpc) is 2.99. The van der Waals surface area contributed by atoms with Crippen LogP contribution in [0.3, 0.4) is 0 Å². The van der Waals surface area contributed by atoms with Crippen LogP contribution in [0.15, 0.2) is 41.1 Å².